The number of aryl methyl sites for hydroxylation is 1. The van der Waals surface area contributed by atoms with E-state index >= 15 is 0 Å². The Kier molecular flexibility index (Phi) is 6.23. The maximum atomic E-state index is 13.7. The number of pyridine rings is 1. The number of rotatable bonds is 5. The first-order valence-corrected chi connectivity index (χ1v) is 11.0. The molecule has 1 atom stereocenters. The maximum Gasteiger partial charge on any atom is 0.356 e. The summed E-state index contributed by atoms with van der Waals surface area (Å²) in [6, 6.07) is 8.31. The summed E-state index contributed by atoms with van der Waals surface area (Å²) < 4.78 is 27.3. The van der Waals surface area contributed by atoms with Crippen LogP contribution in [-0.4, -0.2) is 45.0 Å². The Balaban J connectivity index is 1.77. The topological polar surface area (TPSA) is 115 Å². The third kappa shape index (κ3) is 4.70. The second-order valence-corrected chi connectivity index (χ2v) is 8.66. The predicted molar refractivity (Wildman–Crippen MR) is 124 cm³/mol. The number of aromatic nitrogens is 3. The van der Waals surface area contributed by atoms with Crippen LogP contribution in [-0.2, 0) is 0 Å². The molecule has 0 spiro atoms. The van der Waals surface area contributed by atoms with Crippen LogP contribution in [0.5, 0.6) is 0 Å². The van der Waals surface area contributed by atoms with E-state index in [0.717, 1.165) is 5.56 Å². The number of halogens is 3. The zero-order valence-electron chi connectivity index (χ0n) is 18.4. The molecule has 4 rings (SSSR count). The molecule has 2 aromatic heterocycles. The molecule has 0 bridgehead atoms. The van der Waals surface area contributed by atoms with Crippen LogP contribution in [0.15, 0.2) is 24.3 Å². The van der Waals surface area contributed by atoms with Crippen molar-refractivity contribution in [2.45, 2.75) is 38.7 Å². The van der Waals surface area contributed by atoms with Gasteiger partial charge in [-0.2, -0.15) is 5.26 Å². The van der Waals surface area contributed by atoms with Gasteiger partial charge in [0.2, 0.25) is 0 Å². The molecular weight excluding hydrogens is 466 g/mol. The number of aromatic carboxylic acids is 1. The zero-order valence-corrected chi connectivity index (χ0v) is 19.2. The molecule has 0 amide bonds. The van der Waals surface area contributed by atoms with Gasteiger partial charge in [-0.05, 0) is 37.6 Å². The number of nitriles is 1. The van der Waals surface area contributed by atoms with E-state index in [4.69, 9.17) is 16.6 Å². The lowest BCUT2D eigenvalue weighted by Crippen LogP contribution is -2.40. The predicted octanol–water partition coefficient (Wildman–Crippen LogP) is 4.97. The highest BCUT2D eigenvalue weighted by atomic mass is 35.5. The zero-order chi connectivity index (χ0) is 24.6. The molecule has 8 nitrogen and oxygen atoms in total. The lowest BCUT2D eigenvalue weighted by molar-refractivity contribution is -0.0221. The highest BCUT2D eigenvalue weighted by molar-refractivity contribution is 6.29. The second-order valence-electron chi connectivity index (χ2n) is 8.27. The van der Waals surface area contributed by atoms with Gasteiger partial charge in [-0.25, -0.2) is 28.5 Å². The number of alkyl halides is 2. The van der Waals surface area contributed by atoms with Crippen molar-refractivity contribution in [2.24, 2.45) is 0 Å². The van der Waals surface area contributed by atoms with Crippen LogP contribution >= 0.6 is 11.6 Å². The first-order valence-electron chi connectivity index (χ1n) is 10.6. The number of fused-ring (bicyclic) bond motifs is 1. The molecule has 1 aliphatic rings. The lowest BCUT2D eigenvalue weighted by atomic mass is 10.0. The Morgan fingerprint density at radius 1 is 1.26 bits per heavy atom. The van der Waals surface area contributed by atoms with Crippen molar-refractivity contribution in [2.75, 3.05) is 23.3 Å². The van der Waals surface area contributed by atoms with Crippen LogP contribution < -0.4 is 10.2 Å². The fourth-order valence-electron chi connectivity index (χ4n) is 4.02. The smallest absolute Gasteiger partial charge is 0.356 e. The number of benzene rings is 1. The minimum Gasteiger partial charge on any atom is -0.476 e. The molecule has 0 radical (unpaired) electrons. The van der Waals surface area contributed by atoms with Crippen molar-refractivity contribution in [1.82, 2.24) is 15.0 Å². The Hall–Kier alpha value is -3.58. The number of piperidine rings is 1. The van der Waals surface area contributed by atoms with Crippen LogP contribution in [0.1, 0.15) is 53.1 Å². The van der Waals surface area contributed by atoms with Crippen molar-refractivity contribution >= 4 is 40.1 Å². The van der Waals surface area contributed by atoms with Gasteiger partial charge in [0.05, 0.1) is 22.8 Å². The second kappa shape index (κ2) is 8.99. The van der Waals surface area contributed by atoms with E-state index in [1.807, 2.05) is 26.0 Å². The van der Waals surface area contributed by atoms with E-state index in [1.165, 1.54) is 12.1 Å². The number of carbonyl (C=O) groups is 1. The summed E-state index contributed by atoms with van der Waals surface area (Å²) in [6.45, 7) is 3.83. The Morgan fingerprint density at radius 2 is 1.97 bits per heavy atom. The quantitative estimate of drug-likeness (QED) is 0.486. The molecule has 0 unspecified atom stereocenters. The number of hydrogen-bond donors (Lipinski definition) is 2. The summed E-state index contributed by atoms with van der Waals surface area (Å²) >= 11 is 5.85. The lowest BCUT2D eigenvalue weighted by Gasteiger charge is -2.33. The average Bonchev–Trinajstić information content (AvgIpc) is 2.78. The van der Waals surface area contributed by atoms with Crippen molar-refractivity contribution in [1.29, 1.82) is 5.26 Å². The first kappa shape index (κ1) is 23.6. The molecule has 1 aliphatic heterocycles. The van der Waals surface area contributed by atoms with Gasteiger partial charge in [-0.15, -0.1) is 0 Å². The summed E-state index contributed by atoms with van der Waals surface area (Å²) in [4.78, 5) is 26.3. The highest BCUT2D eigenvalue weighted by Crippen LogP contribution is 2.33. The molecule has 1 saturated heterocycles. The van der Waals surface area contributed by atoms with Crippen LogP contribution in [0.2, 0.25) is 5.15 Å². The first-order chi connectivity index (χ1) is 16.1. The normalized spacial score (nSPS) is 16.2. The molecule has 2 N–H and O–H groups in total. The van der Waals surface area contributed by atoms with Gasteiger partial charge in [0, 0.05) is 31.5 Å². The van der Waals surface area contributed by atoms with Gasteiger partial charge in [0.25, 0.3) is 5.92 Å². The van der Waals surface area contributed by atoms with Gasteiger partial charge in [0.15, 0.2) is 17.2 Å². The molecule has 1 aromatic carbocycles. The summed E-state index contributed by atoms with van der Waals surface area (Å²) in [5, 5.41) is 22.3. The van der Waals surface area contributed by atoms with Crippen LogP contribution in [0.25, 0.3) is 11.0 Å². The van der Waals surface area contributed by atoms with Gasteiger partial charge in [-0.1, -0.05) is 17.7 Å². The highest BCUT2D eigenvalue weighted by Gasteiger charge is 2.35. The van der Waals surface area contributed by atoms with Crippen molar-refractivity contribution in [3.63, 3.8) is 0 Å². The molecular formula is C23H21ClF2N6O2. The third-order valence-electron chi connectivity index (χ3n) is 5.73. The minimum atomic E-state index is -2.73. The van der Waals surface area contributed by atoms with Gasteiger partial charge in [-0.3, -0.25) is 0 Å². The van der Waals surface area contributed by atoms with Gasteiger partial charge >= 0.3 is 5.97 Å². The fourth-order valence-corrected chi connectivity index (χ4v) is 4.17. The molecule has 176 valence electrons. The Labute approximate surface area is 199 Å². The summed E-state index contributed by atoms with van der Waals surface area (Å²) in [5.74, 6) is -3.70. The van der Waals surface area contributed by atoms with Gasteiger partial charge < -0.3 is 15.3 Å². The number of carboxylic acid groups (broad SMARTS) is 1. The number of hydrogen-bond acceptors (Lipinski definition) is 7. The van der Waals surface area contributed by atoms with Crippen LogP contribution in [0.3, 0.4) is 0 Å². The molecule has 1 fully saturated rings. The van der Waals surface area contributed by atoms with Crippen LogP contribution in [0, 0.1) is 18.3 Å². The number of carboxylic acids is 1. The average molecular weight is 487 g/mol. The Bertz CT molecular complexity index is 1320. The van der Waals surface area contributed by atoms with Crippen molar-refractivity contribution in [3.8, 4) is 6.07 Å². The van der Waals surface area contributed by atoms with E-state index < -0.39 is 17.9 Å². The molecule has 0 saturated carbocycles. The monoisotopic (exact) mass is 486 g/mol. The van der Waals surface area contributed by atoms with E-state index in [0.29, 0.717) is 16.6 Å². The third-order valence-corrected chi connectivity index (χ3v) is 5.94. The standard InChI is InChI=1S/C23H21ClF2N6O2/c1-12-9-14(13(2)28-15-3-4-18(24)30-20(15)22(33)34)19-16(10-12)29-17(11-27)21(31-19)32-7-5-23(25,26)6-8-32/h3-4,9-10,13,28H,5-8H2,1-2H3,(H,33,34)/t13-/m1/s1. The summed E-state index contributed by atoms with van der Waals surface area (Å²) in [6.07, 6.45) is -0.643. The van der Waals surface area contributed by atoms with Crippen molar-refractivity contribution < 1.29 is 18.7 Å². The van der Waals surface area contributed by atoms with Crippen molar-refractivity contribution in [3.05, 3.63) is 51.9 Å². The number of anilines is 2. The maximum absolute atomic E-state index is 13.7. The largest absolute Gasteiger partial charge is 0.476 e. The van der Waals surface area contributed by atoms with Gasteiger partial charge in [0.1, 0.15) is 11.2 Å². The summed E-state index contributed by atoms with van der Waals surface area (Å²) in [7, 11) is 0. The van der Waals surface area contributed by atoms with E-state index in [2.05, 4.69) is 15.3 Å². The molecule has 3 heterocycles. The number of nitrogens with zero attached hydrogens (tertiary/aromatic N) is 5. The van der Waals surface area contributed by atoms with Crippen LogP contribution in [0.4, 0.5) is 20.3 Å². The molecule has 34 heavy (non-hydrogen) atoms. The molecule has 0 aliphatic carbocycles. The molecule has 11 heteroatoms. The number of nitrogens with one attached hydrogen (secondary N) is 1. The SMILES string of the molecule is Cc1cc([C@@H](C)Nc2ccc(Cl)nc2C(=O)O)c2nc(N3CCC(F)(F)CC3)c(C#N)nc2c1. The molecule has 3 aromatic rings. The Morgan fingerprint density at radius 3 is 2.62 bits per heavy atom. The van der Waals surface area contributed by atoms with E-state index in [-0.39, 0.29) is 54.0 Å². The van der Waals surface area contributed by atoms with E-state index in [1.54, 1.807) is 11.0 Å². The minimum absolute atomic E-state index is 0.0586. The summed E-state index contributed by atoms with van der Waals surface area (Å²) in [5.41, 5.74) is 2.69. The fraction of sp³-hybridized carbons (Fsp3) is 0.348. The van der Waals surface area contributed by atoms with E-state index in [9.17, 15) is 23.9 Å².